The van der Waals surface area contributed by atoms with Gasteiger partial charge in [-0.3, -0.25) is 0 Å². The first-order valence-electron chi connectivity index (χ1n) is 7.26. The molecule has 2 rings (SSSR count). The van der Waals surface area contributed by atoms with Crippen molar-refractivity contribution in [3.05, 3.63) is 34.3 Å². The molecule has 8 heteroatoms. The molecule has 0 aliphatic carbocycles. The minimum absolute atomic E-state index is 0.229. The van der Waals surface area contributed by atoms with E-state index < -0.39 is 11.7 Å². The van der Waals surface area contributed by atoms with Crippen molar-refractivity contribution in [1.82, 2.24) is 10.5 Å². The molecule has 130 valence electrons. The van der Waals surface area contributed by atoms with E-state index in [1.165, 1.54) is 0 Å². The molecule has 0 spiro atoms. The van der Waals surface area contributed by atoms with E-state index in [0.717, 1.165) is 5.56 Å². The Labute approximate surface area is 150 Å². The van der Waals surface area contributed by atoms with Gasteiger partial charge in [0.2, 0.25) is 0 Å². The summed E-state index contributed by atoms with van der Waals surface area (Å²) in [5.41, 5.74) is 0.199. The zero-order chi connectivity index (χ0) is 17.7. The molecule has 0 atom stereocenters. The molecular weight excluding hydrogens is 355 g/mol. The van der Waals surface area contributed by atoms with Crippen molar-refractivity contribution in [2.75, 3.05) is 13.2 Å². The number of halogens is 2. The summed E-state index contributed by atoms with van der Waals surface area (Å²) in [5.74, 6) is 0.811. The molecule has 0 saturated heterocycles. The van der Waals surface area contributed by atoms with Crippen molar-refractivity contribution in [1.29, 1.82) is 0 Å². The van der Waals surface area contributed by atoms with Crippen LogP contribution < -0.4 is 10.1 Å². The first-order valence-corrected chi connectivity index (χ1v) is 8.02. The summed E-state index contributed by atoms with van der Waals surface area (Å²) in [6, 6.07) is 6.75. The summed E-state index contributed by atoms with van der Waals surface area (Å²) < 4.78 is 15.7. The Morgan fingerprint density at radius 3 is 2.67 bits per heavy atom. The lowest BCUT2D eigenvalue weighted by Gasteiger charge is -2.19. The average Bonchev–Trinajstić information content (AvgIpc) is 2.93. The highest BCUT2D eigenvalue weighted by molar-refractivity contribution is 6.42. The number of ether oxygens (including phenoxy) is 2. The van der Waals surface area contributed by atoms with Crippen LogP contribution in [-0.2, 0) is 4.74 Å². The smallest absolute Gasteiger partial charge is 0.407 e. The number of carbonyl (C=O) groups is 1. The van der Waals surface area contributed by atoms with Crippen LogP contribution in [0.3, 0.4) is 0 Å². The molecule has 1 aromatic heterocycles. The van der Waals surface area contributed by atoms with Crippen LogP contribution in [0.1, 0.15) is 20.8 Å². The second-order valence-corrected chi connectivity index (χ2v) is 6.75. The van der Waals surface area contributed by atoms with E-state index in [2.05, 4.69) is 10.5 Å². The minimum Gasteiger partial charge on any atom is -0.474 e. The normalized spacial score (nSPS) is 11.2. The molecule has 0 unspecified atom stereocenters. The predicted molar refractivity (Wildman–Crippen MR) is 91.7 cm³/mol. The molecule has 6 nitrogen and oxygen atoms in total. The third kappa shape index (κ3) is 5.62. The van der Waals surface area contributed by atoms with Crippen molar-refractivity contribution in [2.24, 2.45) is 0 Å². The van der Waals surface area contributed by atoms with Crippen molar-refractivity contribution in [3.63, 3.8) is 0 Å². The molecule has 1 N–H and O–H groups in total. The fraction of sp³-hybridized carbons (Fsp3) is 0.375. The third-order valence-electron chi connectivity index (χ3n) is 2.71. The SMILES string of the molecule is CC(C)(C)OC(=O)NCCOc1cc(-c2ccc(Cl)c(Cl)c2)on1. The standard InChI is InChI=1S/C16H18Cl2N2O4/c1-16(2,3)23-15(21)19-6-7-22-14-9-13(24-20-14)10-4-5-11(17)12(18)8-10/h4-5,8-9H,6-7H2,1-3H3,(H,19,21). The molecule has 1 heterocycles. The summed E-state index contributed by atoms with van der Waals surface area (Å²) in [7, 11) is 0. The number of alkyl carbamates (subject to hydrolysis) is 1. The largest absolute Gasteiger partial charge is 0.474 e. The molecule has 2 aromatic rings. The van der Waals surface area contributed by atoms with E-state index >= 15 is 0 Å². The molecule has 24 heavy (non-hydrogen) atoms. The number of nitrogens with zero attached hydrogens (tertiary/aromatic N) is 1. The van der Waals surface area contributed by atoms with E-state index in [1.807, 2.05) is 0 Å². The van der Waals surface area contributed by atoms with Gasteiger partial charge in [-0.2, -0.15) is 0 Å². The maximum Gasteiger partial charge on any atom is 0.407 e. The summed E-state index contributed by atoms with van der Waals surface area (Å²) in [5, 5.41) is 7.28. The average molecular weight is 373 g/mol. The van der Waals surface area contributed by atoms with Gasteiger partial charge >= 0.3 is 6.09 Å². The molecule has 0 radical (unpaired) electrons. The molecular formula is C16H18Cl2N2O4. The highest BCUT2D eigenvalue weighted by atomic mass is 35.5. The lowest BCUT2D eigenvalue weighted by molar-refractivity contribution is 0.0519. The monoisotopic (exact) mass is 372 g/mol. The Bertz CT molecular complexity index is 710. The van der Waals surface area contributed by atoms with E-state index in [-0.39, 0.29) is 13.2 Å². The zero-order valence-corrected chi connectivity index (χ0v) is 15.1. The number of hydrogen-bond donors (Lipinski definition) is 1. The lowest BCUT2D eigenvalue weighted by atomic mass is 10.2. The van der Waals surface area contributed by atoms with Crippen LogP contribution >= 0.6 is 23.2 Å². The van der Waals surface area contributed by atoms with Crippen molar-refractivity contribution in [3.8, 4) is 17.2 Å². The maximum atomic E-state index is 11.5. The van der Waals surface area contributed by atoms with Crippen LogP contribution in [0.4, 0.5) is 4.79 Å². The Morgan fingerprint density at radius 2 is 2.00 bits per heavy atom. The van der Waals surface area contributed by atoms with Gasteiger partial charge in [0.15, 0.2) is 5.76 Å². The van der Waals surface area contributed by atoms with E-state index in [9.17, 15) is 4.79 Å². The van der Waals surface area contributed by atoms with Crippen LogP contribution in [0.15, 0.2) is 28.8 Å². The highest BCUT2D eigenvalue weighted by Gasteiger charge is 2.15. The molecule has 1 aromatic carbocycles. The van der Waals surface area contributed by atoms with Crippen molar-refractivity contribution >= 4 is 29.3 Å². The first kappa shape index (κ1) is 18.4. The summed E-state index contributed by atoms with van der Waals surface area (Å²) in [4.78, 5) is 11.5. The van der Waals surface area contributed by atoms with Gasteiger partial charge in [0.25, 0.3) is 5.88 Å². The molecule has 0 fully saturated rings. The lowest BCUT2D eigenvalue weighted by Crippen LogP contribution is -2.34. The van der Waals surface area contributed by atoms with Crippen LogP contribution in [0.2, 0.25) is 10.0 Å². The third-order valence-corrected chi connectivity index (χ3v) is 3.45. The Kier molecular flexibility index (Phi) is 5.96. The van der Waals surface area contributed by atoms with Crippen LogP contribution in [-0.4, -0.2) is 30.0 Å². The van der Waals surface area contributed by atoms with Gasteiger partial charge in [-0.25, -0.2) is 4.79 Å². The second-order valence-electron chi connectivity index (χ2n) is 5.94. The Hall–Kier alpha value is -1.92. The van der Waals surface area contributed by atoms with Crippen molar-refractivity contribution in [2.45, 2.75) is 26.4 Å². The summed E-state index contributed by atoms with van der Waals surface area (Å²) >= 11 is 11.8. The molecule has 0 aliphatic heterocycles. The minimum atomic E-state index is -0.536. The number of hydrogen-bond acceptors (Lipinski definition) is 5. The number of benzene rings is 1. The number of amides is 1. The van der Waals surface area contributed by atoms with Crippen molar-refractivity contribution < 1.29 is 18.8 Å². The van der Waals surface area contributed by atoms with Gasteiger partial charge < -0.3 is 19.3 Å². The number of rotatable bonds is 5. The van der Waals surface area contributed by atoms with Gasteiger partial charge in [0, 0.05) is 11.6 Å². The number of aromatic nitrogens is 1. The fourth-order valence-electron chi connectivity index (χ4n) is 1.74. The van der Waals surface area contributed by atoms with Gasteiger partial charge in [0.1, 0.15) is 12.2 Å². The molecule has 0 bridgehead atoms. The Balaban J connectivity index is 1.82. The Morgan fingerprint density at radius 1 is 1.25 bits per heavy atom. The quantitative estimate of drug-likeness (QED) is 0.779. The van der Waals surface area contributed by atoms with Crippen LogP contribution in [0, 0.1) is 0 Å². The van der Waals surface area contributed by atoms with Crippen LogP contribution in [0.5, 0.6) is 5.88 Å². The molecule has 0 aliphatic rings. The van der Waals surface area contributed by atoms with E-state index in [1.54, 1.807) is 45.0 Å². The second kappa shape index (κ2) is 7.77. The van der Waals surface area contributed by atoms with Gasteiger partial charge in [-0.05, 0) is 44.1 Å². The van der Waals surface area contributed by atoms with Gasteiger partial charge in [-0.15, -0.1) is 0 Å². The zero-order valence-electron chi connectivity index (χ0n) is 13.6. The van der Waals surface area contributed by atoms with E-state index in [0.29, 0.717) is 21.7 Å². The van der Waals surface area contributed by atoms with Crippen LogP contribution in [0.25, 0.3) is 11.3 Å². The fourth-order valence-corrected chi connectivity index (χ4v) is 2.03. The topological polar surface area (TPSA) is 73.6 Å². The summed E-state index contributed by atoms with van der Waals surface area (Å²) in [6.07, 6.45) is -0.497. The summed E-state index contributed by atoms with van der Waals surface area (Å²) in [6.45, 7) is 5.89. The number of carbonyl (C=O) groups excluding carboxylic acids is 1. The maximum absolute atomic E-state index is 11.5. The van der Waals surface area contributed by atoms with E-state index in [4.69, 9.17) is 37.2 Å². The molecule has 1 amide bonds. The highest BCUT2D eigenvalue weighted by Crippen LogP contribution is 2.30. The molecule has 0 saturated carbocycles. The number of nitrogens with one attached hydrogen (secondary N) is 1. The van der Waals surface area contributed by atoms with Gasteiger partial charge in [0.05, 0.1) is 16.6 Å². The van der Waals surface area contributed by atoms with Gasteiger partial charge in [-0.1, -0.05) is 23.2 Å². The predicted octanol–water partition coefficient (Wildman–Crippen LogP) is 4.55. The first-order chi connectivity index (χ1) is 11.2.